The number of benzene rings is 3. The quantitative estimate of drug-likeness (QED) is 0.249. The van der Waals surface area contributed by atoms with Crippen LogP contribution in [0.5, 0.6) is 5.75 Å². The van der Waals surface area contributed by atoms with E-state index in [4.69, 9.17) is 9.15 Å². The Morgan fingerprint density at radius 3 is 2.46 bits per heavy atom. The van der Waals surface area contributed by atoms with E-state index in [0.717, 1.165) is 21.0 Å². The number of aliphatic hydroxyl groups excluding tert-OH is 1. The summed E-state index contributed by atoms with van der Waals surface area (Å²) in [7, 11) is 0. The molecule has 0 radical (unpaired) electrons. The summed E-state index contributed by atoms with van der Waals surface area (Å²) in [6.45, 7) is 7.73. The molecular weight excluding hydrogens is 534 g/mol. The van der Waals surface area contributed by atoms with Crippen molar-refractivity contribution in [2.24, 2.45) is 0 Å². The highest BCUT2D eigenvalue weighted by molar-refractivity contribution is 9.10. The molecule has 0 fully saturated rings. The number of aryl methyl sites for hydroxylation is 2. The Bertz CT molecular complexity index is 1560. The summed E-state index contributed by atoms with van der Waals surface area (Å²) in [4.78, 5) is 28.9. The van der Waals surface area contributed by atoms with Gasteiger partial charge >= 0.3 is 0 Å². The molecule has 37 heavy (non-hydrogen) atoms. The van der Waals surface area contributed by atoms with E-state index in [1.165, 1.54) is 4.90 Å². The summed E-state index contributed by atoms with van der Waals surface area (Å²) < 4.78 is 12.6. The molecule has 1 amide bonds. The Morgan fingerprint density at radius 1 is 1.03 bits per heavy atom. The average Bonchev–Trinajstić information content (AvgIpc) is 3.36. The van der Waals surface area contributed by atoms with Gasteiger partial charge in [-0.3, -0.25) is 14.5 Å². The lowest BCUT2D eigenvalue weighted by Crippen LogP contribution is -2.31. The fourth-order valence-corrected chi connectivity index (χ4v) is 5.18. The number of ether oxygens (including phenoxy) is 1. The van der Waals surface area contributed by atoms with Crippen LogP contribution in [-0.4, -0.2) is 22.9 Å². The molecule has 0 bridgehead atoms. The van der Waals surface area contributed by atoms with E-state index < -0.39 is 23.5 Å². The highest BCUT2D eigenvalue weighted by Gasteiger charge is 2.45. The second-order valence-corrected chi connectivity index (χ2v) is 10.5. The predicted octanol–water partition coefficient (Wildman–Crippen LogP) is 7.38. The minimum atomic E-state index is -0.878. The van der Waals surface area contributed by atoms with Crippen molar-refractivity contribution in [2.45, 2.75) is 39.8 Å². The molecule has 6 nitrogen and oxygen atoms in total. The Balaban J connectivity index is 1.67. The van der Waals surface area contributed by atoms with Crippen molar-refractivity contribution in [3.8, 4) is 5.75 Å². The normalized spacial score (nSPS) is 15.8. The van der Waals surface area contributed by atoms with Crippen LogP contribution in [0.1, 0.15) is 47.1 Å². The zero-order valence-electron chi connectivity index (χ0n) is 20.9. The monoisotopic (exact) mass is 559 g/mol. The summed E-state index contributed by atoms with van der Waals surface area (Å²) in [5.41, 5.74) is 3.64. The molecule has 5 rings (SSSR count). The van der Waals surface area contributed by atoms with Gasteiger partial charge in [0.1, 0.15) is 11.3 Å². The molecule has 1 aliphatic heterocycles. The van der Waals surface area contributed by atoms with E-state index in [-0.39, 0.29) is 17.4 Å². The van der Waals surface area contributed by atoms with Gasteiger partial charge in [-0.15, -0.1) is 0 Å². The van der Waals surface area contributed by atoms with Gasteiger partial charge in [0.15, 0.2) is 11.5 Å². The number of rotatable bonds is 6. The Hall–Kier alpha value is -3.84. The van der Waals surface area contributed by atoms with Crippen LogP contribution in [0.3, 0.4) is 0 Å². The van der Waals surface area contributed by atoms with Crippen LogP contribution in [0.4, 0.5) is 5.69 Å². The highest BCUT2D eigenvalue weighted by atomic mass is 79.9. The Kier molecular flexibility index (Phi) is 6.42. The van der Waals surface area contributed by atoms with Gasteiger partial charge < -0.3 is 14.3 Å². The first-order valence-electron chi connectivity index (χ1n) is 12.0. The number of anilines is 1. The van der Waals surface area contributed by atoms with Crippen LogP contribution in [0.25, 0.3) is 11.0 Å². The lowest BCUT2D eigenvalue weighted by molar-refractivity contribution is -0.117. The fourth-order valence-electron chi connectivity index (χ4n) is 4.80. The largest absolute Gasteiger partial charge is 0.503 e. The third kappa shape index (κ3) is 4.67. The molecule has 3 aromatic carbocycles. The molecule has 4 aromatic rings. The summed E-state index contributed by atoms with van der Waals surface area (Å²) >= 11 is 3.43. The summed E-state index contributed by atoms with van der Waals surface area (Å²) in [6.07, 6.45) is -0.0593. The van der Waals surface area contributed by atoms with Crippen molar-refractivity contribution in [1.29, 1.82) is 0 Å². The van der Waals surface area contributed by atoms with Gasteiger partial charge in [0, 0.05) is 15.5 Å². The number of ketones is 1. The summed E-state index contributed by atoms with van der Waals surface area (Å²) in [5, 5.41) is 11.8. The molecule has 0 saturated carbocycles. The summed E-state index contributed by atoms with van der Waals surface area (Å²) in [6, 6.07) is 19.2. The molecule has 7 heteroatoms. The number of carbonyl (C=O) groups excluding carboxylic acids is 2. The number of aliphatic hydroxyl groups is 1. The number of amides is 1. The topological polar surface area (TPSA) is 80.0 Å². The maximum atomic E-state index is 13.9. The number of hydrogen-bond donors (Lipinski definition) is 1. The number of fused-ring (bicyclic) bond motifs is 1. The first kappa shape index (κ1) is 24.8. The second kappa shape index (κ2) is 9.56. The molecule has 1 N–H and O–H groups in total. The molecule has 2 heterocycles. The van der Waals surface area contributed by atoms with Gasteiger partial charge in [-0.25, -0.2) is 0 Å². The smallest absolute Gasteiger partial charge is 0.294 e. The average molecular weight is 560 g/mol. The minimum Gasteiger partial charge on any atom is -0.503 e. The molecule has 188 valence electrons. The number of halogens is 1. The van der Waals surface area contributed by atoms with E-state index in [0.29, 0.717) is 22.6 Å². The van der Waals surface area contributed by atoms with Gasteiger partial charge in [-0.05, 0) is 92.9 Å². The van der Waals surface area contributed by atoms with Crippen molar-refractivity contribution >= 4 is 44.3 Å². The van der Waals surface area contributed by atoms with Crippen molar-refractivity contribution in [3.63, 3.8) is 0 Å². The van der Waals surface area contributed by atoms with Gasteiger partial charge in [0.05, 0.1) is 17.7 Å². The van der Waals surface area contributed by atoms with Crippen LogP contribution in [0.2, 0.25) is 0 Å². The molecule has 1 unspecified atom stereocenters. The molecule has 1 aliphatic rings. The van der Waals surface area contributed by atoms with Crippen LogP contribution < -0.4 is 9.64 Å². The molecule has 0 spiro atoms. The van der Waals surface area contributed by atoms with Crippen molar-refractivity contribution in [2.75, 3.05) is 4.90 Å². The lowest BCUT2D eigenvalue weighted by Gasteiger charge is -2.28. The lowest BCUT2D eigenvalue weighted by atomic mass is 9.94. The van der Waals surface area contributed by atoms with Crippen molar-refractivity contribution in [3.05, 3.63) is 105 Å². The third-order valence-corrected chi connectivity index (χ3v) is 6.68. The molecule has 1 aromatic heterocycles. The van der Waals surface area contributed by atoms with E-state index in [9.17, 15) is 14.7 Å². The molecular formula is C30H26BrNO5. The van der Waals surface area contributed by atoms with Crippen LogP contribution in [0.15, 0.2) is 87.0 Å². The fraction of sp³-hybridized carbons (Fsp3) is 0.200. The van der Waals surface area contributed by atoms with Crippen LogP contribution in [-0.2, 0) is 4.79 Å². The predicted molar refractivity (Wildman–Crippen MR) is 146 cm³/mol. The van der Waals surface area contributed by atoms with Gasteiger partial charge in [0.25, 0.3) is 5.91 Å². The number of hydrogen-bond acceptors (Lipinski definition) is 5. The number of nitrogens with zero attached hydrogens (tertiary/aromatic N) is 1. The van der Waals surface area contributed by atoms with E-state index in [1.54, 1.807) is 18.2 Å². The van der Waals surface area contributed by atoms with Crippen LogP contribution >= 0.6 is 15.9 Å². The zero-order valence-corrected chi connectivity index (χ0v) is 22.5. The van der Waals surface area contributed by atoms with Gasteiger partial charge in [-0.2, -0.15) is 0 Å². The number of Topliss-reactive ketones (excluding diaryl/α,β-unsaturated/α-hetero) is 1. The second-order valence-electron chi connectivity index (χ2n) is 9.55. The minimum absolute atomic E-state index is 0.0380. The summed E-state index contributed by atoms with van der Waals surface area (Å²) in [5.74, 6) is -1.14. The highest BCUT2D eigenvalue weighted by Crippen LogP contribution is 2.43. The zero-order chi connectivity index (χ0) is 26.4. The van der Waals surface area contributed by atoms with Crippen LogP contribution in [0, 0.1) is 13.8 Å². The standard InChI is InChI=1S/C30H26BrNO5/c1-16(2)36-23-7-5-6-19(14-23)27-26(28(33)25-15-20-13-21(31)8-9-24(20)37-25)29(34)30(35)32(27)22-11-17(3)10-18(4)12-22/h5-16,27,34H,1-4H3. The maximum Gasteiger partial charge on any atom is 0.294 e. The van der Waals surface area contributed by atoms with E-state index >= 15 is 0 Å². The SMILES string of the molecule is Cc1cc(C)cc(N2C(=O)C(O)=C(C(=O)c3cc4cc(Br)ccc4o3)C2c2cccc(OC(C)C)c2)c1. The van der Waals surface area contributed by atoms with Gasteiger partial charge in [-0.1, -0.05) is 34.1 Å². The molecule has 0 saturated heterocycles. The Labute approximate surface area is 223 Å². The number of carbonyl (C=O) groups is 2. The van der Waals surface area contributed by atoms with E-state index in [1.807, 2.05) is 76.2 Å². The first-order chi connectivity index (χ1) is 17.6. The maximum absolute atomic E-state index is 13.9. The first-order valence-corrected chi connectivity index (χ1v) is 12.8. The molecule has 1 atom stereocenters. The van der Waals surface area contributed by atoms with Crippen molar-refractivity contribution in [1.82, 2.24) is 0 Å². The van der Waals surface area contributed by atoms with Gasteiger partial charge in [0.2, 0.25) is 5.78 Å². The van der Waals surface area contributed by atoms with Crippen molar-refractivity contribution < 1.29 is 23.8 Å². The number of furan rings is 1. The van der Waals surface area contributed by atoms with E-state index in [2.05, 4.69) is 15.9 Å². The Morgan fingerprint density at radius 2 is 1.76 bits per heavy atom. The third-order valence-electron chi connectivity index (χ3n) is 6.19. The molecule has 0 aliphatic carbocycles.